The Kier molecular flexibility index (Phi) is 5.30. The number of aromatic nitrogens is 2. The summed E-state index contributed by atoms with van der Waals surface area (Å²) in [6, 6.07) is 8.85. The minimum Gasteiger partial charge on any atom is -0.496 e. The summed E-state index contributed by atoms with van der Waals surface area (Å²) in [5.74, 6) is 0.615. The standard InChI is InChI=1S/C16H19N3O3/c1-11-10-12(2)19-16(18-11)17-8-9-22-15(20)13-6-4-5-7-14(13)21-3/h4-7,10H,8-9H2,1-3H3,(H,17,18,19). The molecule has 0 saturated carbocycles. The van der Waals surface area contributed by atoms with Crippen molar-refractivity contribution >= 4 is 11.9 Å². The molecule has 0 radical (unpaired) electrons. The lowest BCUT2D eigenvalue weighted by molar-refractivity contribution is 0.0517. The van der Waals surface area contributed by atoms with E-state index >= 15 is 0 Å². The molecule has 0 saturated heterocycles. The fraction of sp³-hybridized carbons (Fsp3) is 0.312. The van der Waals surface area contributed by atoms with Crippen LogP contribution in [0.3, 0.4) is 0 Å². The molecule has 2 aromatic rings. The molecule has 0 aliphatic heterocycles. The van der Waals surface area contributed by atoms with Crippen LogP contribution in [-0.4, -0.2) is 36.2 Å². The molecule has 1 aromatic carbocycles. The Balaban J connectivity index is 1.84. The molecular weight excluding hydrogens is 282 g/mol. The van der Waals surface area contributed by atoms with Gasteiger partial charge in [0.25, 0.3) is 0 Å². The number of methoxy groups -OCH3 is 1. The number of hydrogen-bond acceptors (Lipinski definition) is 6. The van der Waals surface area contributed by atoms with Crippen molar-refractivity contribution < 1.29 is 14.3 Å². The fourth-order valence-electron chi connectivity index (χ4n) is 2.00. The molecule has 2 rings (SSSR count). The number of anilines is 1. The van der Waals surface area contributed by atoms with Gasteiger partial charge in [-0.25, -0.2) is 14.8 Å². The first kappa shape index (κ1) is 15.8. The third kappa shape index (κ3) is 4.18. The minimum atomic E-state index is -0.416. The molecule has 6 nitrogen and oxygen atoms in total. The Hall–Kier alpha value is -2.63. The Bertz CT molecular complexity index is 639. The molecule has 0 aliphatic carbocycles. The monoisotopic (exact) mass is 301 g/mol. The van der Waals surface area contributed by atoms with Gasteiger partial charge < -0.3 is 14.8 Å². The van der Waals surface area contributed by atoms with E-state index in [9.17, 15) is 4.79 Å². The van der Waals surface area contributed by atoms with E-state index < -0.39 is 5.97 Å². The van der Waals surface area contributed by atoms with Crippen molar-refractivity contribution in [2.45, 2.75) is 13.8 Å². The molecule has 0 amide bonds. The second kappa shape index (κ2) is 7.40. The molecule has 0 unspecified atom stereocenters. The van der Waals surface area contributed by atoms with Crippen LogP contribution in [0.2, 0.25) is 0 Å². The smallest absolute Gasteiger partial charge is 0.341 e. The van der Waals surface area contributed by atoms with Crippen molar-refractivity contribution in [3.8, 4) is 5.75 Å². The summed E-state index contributed by atoms with van der Waals surface area (Å²) in [4.78, 5) is 20.5. The van der Waals surface area contributed by atoms with Gasteiger partial charge in [0, 0.05) is 11.4 Å². The van der Waals surface area contributed by atoms with E-state index in [0.29, 0.717) is 23.8 Å². The van der Waals surface area contributed by atoms with Gasteiger partial charge in [-0.1, -0.05) is 12.1 Å². The SMILES string of the molecule is COc1ccccc1C(=O)OCCNc1nc(C)cc(C)n1. The van der Waals surface area contributed by atoms with Crippen LogP contribution in [0.4, 0.5) is 5.95 Å². The highest BCUT2D eigenvalue weighted by molar-refractivity contribution is 5.92. The Labute approximate surface area is 129 Å². The number of benzene rings is 1. The number of aryl methyl sites for hydroxylation is 2. The van der Waals surface area contributed by atoms with E-state index in [-0.39, 0.29) is 6.61 Å². The predicted molar refractivity (Wildman–Crippen MR) is 83.3 cm³/mol. The van der Waals surface area contributed by atoms with Gasteiger partial charge >= 0.3 is 5.97 Å². The highest BCUT2D eigenvalue weighted by Gasteiger charge is 2.12. The third-order valence-electron chi connectivity index (χ3n) is 2.93. The summed E-state index contributed by atoms with van der Waals surface area (Å²) in [5, 5.41) is 3.03. The van der Waals surface area contributed by atoms with Gasteiger partial charge in [0.05, 0.1) is 13.7 Å². The summed E-state index contributed by atoms with van der Waals surface area (Å²) < 4.78 is 10.3. The minimum absolute atomic E-state index is 0.216. The van der Waals surface area contributed by atoms with E-state index in [2.05, 4.69) is 15.3 Å². The third-order valence-corrected chi connectivity index (χ3v) is 2.93. The molecule has 6 heteroatoms. The molecule has 0 atom stereocenters. The number of hydrogen-bond donors (Lipinski definition) is 1. The molecule has 0 aliphatic rings. The maximum Gasteiger partial charge on any atom is 0.341 e. The van der Waals surface area contributed by atoms with Crippen molar-refractivity contribution in [2.24, 2.45) is 0 Å². The van der Waals surface area contributed by atoms with Crippen LogP contribution in [0.1, 0.15) is 21.7 Å². The maximum absolute atomic E-state index is 12.0. The average Bonchev–Trinajstić information content (AvgIpc) is 2.50. The normalized spacial score (nSPS) is 10.1. The van der Waals surface area contributed by atoms with Gasteiger partial charge in [0.15, 0.2) is 0 Å². The Morgan fingerprint density at radius 1 is 1.18 bits per heavy atom. The van der Waals surface area contributed by atoms with Crippen LogP contribution in [0, 0.1) is 13.8 Å². The number of esters is 1. The summed E-state index contributed by atoms with van der Waals surface area (Å²) >= 11 is 0. The van der Waals surface area contributed by atoms with E-state index in [4.69, 9.17) is 9.47 Å². The van der Waals surface area contributed by atoms with E-state index in [1.807, 2.05) is 19.9 Å². The molecule has 1 aromatic heterocycles. The number of nitrogens with zero attached hydrogens (tertiary/aromatic N) is 2. The first-order valence-corrected chi connectivity index (χ1v) is 6.96. The lowest BCUT2D eigenvalue weighted by atomic mass is 10.2. The zero-order valence-corrected chi connectivity index (χ0v) is 12.9. The van der Waals surface area contributed by atoms with Crippen molar-refractivity contribution in [3.05, 3.63) is 47.3 Å². The van der Waals surface area contributed by atoms with Crippen molar-refractivity contribution in [2.75, 3.05) is 25.6 Å². The maximum atomic E-state index is 12.0. The van der Waals surface area contributed by atoms with Gasteiger partial charge in [0.2, 0.25) is 5.95 Å². The number of carbonyl (C=O) groups excluding carboxylic acids is 1. The summed E-state index contributed by atoms with van der Waals surface area (Å²) in [7, 11) is 1.52. The van der Waals surface area contributed by atoms with Gasteiger partial charge in [0.1, 0.15) is 17.9 Å². The number of nitrogens with one attached hydrogen (secondary N) is 1. The second-order valence-electron chi connectivity index (χ2n) is 4.74. The summed E-state index contributed by atoms with van der Waals surface area (Å²) in [6.07, 6.45) is 0. The highest BCUT2D eigenvalue weighted by Crippen LogP contribution is 2.18. The molecule has 1 heterocycles. The van der Waals surface area contributed by atoms with Gasteiger partial charge in [-0.2, -0.15) is 0 Å². The molecule has 0 spiro atoms. The average molecular weight is 301 g/mol. The zero-order chi connectivity index (χ0) is 15.9. The van der Waals surface area contributed by atoms with E-state index in [1.54, 1.807) is 24.3 Å². The van der Waals surface area contributed by atoms with Gasteiger partial charge in [-0.05, 0) is 32.0 Å². The molecule has 0 bridgehead atoms. The van der Waals surface area contributed by atoms with E-state index in [0.717, 1.165) is 11.4 Å². The van der Waals surface area contributed by atoms with Crippen LogP contribution >= 0.6 is 0 Å². The quantitative estimate of drug-likeness (QED) is 0.652. The molecular formula is C16H19N3O3. The first-order chi connectivity index (χ1) is 10.6. The lowest BCUT2D eigenvalue weighted by Gasteiger charge is -2.09. The van der Waals surface area contributed by atoms with Crippen LogP contribution < -0.4 is 10.1 Å². The number of rotatable bonds is 6. The fourth-order valence-corrected chi connectivity index (χ4v) is 2.00. The van der Waals surface area contributed by atoms with E-state index in [1.165, 1.54) is 7.11 Å². The highest BCUT2D eigenvalue weighted by atomic mass is 16.5. The van der Waals surface area contributed by atoms with Crippen LogP contribution in [0.15, 0.2) is 30.3 Å². The van der Waals surface area contributed by atoms with Gasteiger partial charge in [-0.3, -0.25) is 0 Å². The number of para-hydroxylation sites is 1. The van der Waals surface area contributed by atoms with Crippen LogP contribution in [0.25, 0.3) is 0 Å². The largest absolute Gasteiger partial charge is 0.496 e. The lowest BCUT2D eigenvalue weighted by Crippen LogP contribution is -2.16. The second-order valence-corrected chi connectivity index (χ2v) is 4.74. The molecule has 22 heavy (non-hydrogen) atoms. The van der Waals surface area contributed by atoms with Crippen LogP contribution in [-0.2, 0) is 4.74 Å². The number of ether oxygens (including phenoxy) is 2. The Morgan fingerprint density at radius 3 is 2.55 bits per heavy atom. The van der Waals surface area contributed by atoms with Crippen LogP contribution in [0.5, 0.6) is 5.75 Å². The van der Waals surface area contributed by atoms with Crippen molar-refractivity contribution in [3.63, 3.8) is 0 Å². The summed E-state index contributed by atoms with van der Waals surface area (Å²) in [5.41, 5.74) is 2.19. The van der Waals surface area contributed by atoms with Gasteiger partial charge in [-0.15, -0.1) is 0 Å². The Morgan fingerprint density at radius 2 is 1.86 bits per heavy atom. The van der Waals surface area contributed by atoms with Crippen molar-refractivity contribution in [1.29, 1.82) is 0 Å². The van der Waals surface area contributed by atoms with Crippen molar-refractivity contribution in [1.82, 2.24) is 9.97 Å². The molecule has 0 fully saturated rings. The number of carbonyl (C=O) groups is 1. The summed E-state index contributed by atoms with van der Waals surface area (Å²) in [6.45, 7) is 4.46. The molecule has 116 valence electrons. The first-order valence-electron chi connectivity index (χ1n) is 6.96. The topological polar surface area (TPSA) is 73.3 Å². The molecule has 1 N–H and O–H groups in total. The predicted octanol–water partition coefficient (Wildman–Crippen LogP) is 2.37. The zero-order valence-electron chi connectivity index (χ0n) is 12.9.